The molecule has 0 bridgehead atoms. The van der Waals surface area contributed by atoms with E-state index in [1.54, 1.807) is 12.1 Å². The van der Waals surface area contributed by atoms with Crippen LogP contribution in [0.2, 0.25) is 0 Å². The molecule has 24 heavy (non-hydrogen) atoms. The second-order valence-electron chi connectivity index (χ2n) is 6.15. The summed E-state index contributed by atoms with van der Waals surface area (Å²) in [6.45, 7) is 1.73. The normalized spacial score (nSPS) is 16.8. The maximum absolute atomic E-state index is 13.0. The van der Waals surface area contributed by atoms with E-state index >= 15 is 0 Å². The lowest BCUT2D eigenvalue weighted by atomic mass is 10.00. The summed E-state index contributed by atoms with van der Waals surface area (Å²) in [5.41, 5.74) is 7.50. The molecule has 1 amide bonds. The summed E-state index contributed by atoms with van der Waals surface area (Å²) in [6.07, 6.45) is 1.82. The minimum Gasteiger partial charge on any atom is -0.371 e. The predicted molar refractivity (Wildman–Crippen MR) is 93.1 cm³/mol. The standard InChI is InChI=1S/C19H22FN3O/c20-15-6-8-17(9-7-15)23-12-10-16(11-13-23)22-18(19(21)24)14-4-2-1-3-5-14/h1-9,16,18,22H,10-13H2,(H2,21,24)/t18-/m0/s1. The van der Waals surface area contributed by atoms with Crippen molar-refractivity contribution in [2.45, 2.75) is 24.9 Å². The van der Waals surface area contributed by atoms with Crippen LogP contribution in [0.3, 0.4) is 0 Å². The largest absolute Gasteiger partial charge is 0.371 e. The zero-order valence-corrected chi connectivity index (χ0v) is 13.5. The summed E-state index contributed by atoms with van der Waals surface area (Å²) in [4.78, 5) is 14.0. The average Bonchev–Trinajstić information content (AvgIpc) is 2.61. The van der Waals surface area contributed by atoms with Crippen molar-refractivity contribution in [1.29, 1.82) is 0 Å². The Morgan fingerprint density at radius 2 is 1.71 bits per heavy atom. The molecule has 0 radical (unpaired) electrons. The number of hydrogen-bond acceptors (Lipinski definition) is 3. The monoisotopic (exact) mass is 327 g/mol. The van der Waals surface area contributed by atoms with Gasteiger partial charge in [-0.2, -0.15) is 0 Å². The predicted octanol–water partition coefficient (Wildman–Crippen LogP) is 2.61. The van der Waals surface area contributed by atoms with Crippen LogP contribution < -0.4 is 16.0 Å². The number of carbonyl (C=O) groups excluding carboxylic acids is 1. The maximum atomic E-state index is 13.0. The topological polar surface area (TPSA) is 58.4 Å². The third-order valence-corrected chi connectivity index (χ3v) is 4.51. The molecule has 3 rings (SSSR count). The quantitative estimate of drug-likeness (QED) is 0.887. The van der Waals surface area contributed by atoms with Crippen LogP contribution in [0.25, 0.3) is 0 Å². The smallest absolute Gasteiger partial charge is 0.239 e. The minimum absolute atomic E-state index is 0.220. The first-order chi connectivity index (χ1) is 11.6. The van der Waals surface area contributed by atoms with Crippen LogP contribution in [0.5, 0.6) is 0 Å². The number of amides is 1. The van der Waals surface area contributed by atoms with Gasteiger partial charge < -0.3 is 10.6 Å². The molecule has 0 aromatic heterocycles. The number of rotatable bonds is 5. The lowest BCUT2D eigenvalue weighted by Gasteiger charge is -2.35. The lowest BCUT2D eigenvalue weighted by molar-refractivity contribution is -0.120. The van der Waals surface area contributed by atoms with Crippen molar-refractivity contribution in [3.63, 3.8) is 0 Å². The second kappa shape index (κ2) is 7.45. The molecular formula is C19H22FN3O. The zero-order chi connectivity index (χ0) is 16.9. The highest BCUT2D eigenvalue weighted by Crippen LogP contribution is 2.22. The number of halogens is 1. The minimum atomic E-state index is -0.464. The first kappa shape index (κ1) is 16.5. The number of nitrogens with one attached hydrogen (secondary N) is 1. The molecule has 1 fully saturated rings. The summed E-state index contributed by atoms with van der Waals surface area (Å²) in [5.74, 6) is -0.579. The molecule has 3 N–H and O–H groups in total. The summed E-state index contributed by atoms with van der Waals surface area (Å²) in [5, 5.41) is 3.39. The molecule has 0 unspecified atom stereocenters. The highest BCUT2D eigenvalue weighted by atomic mass is 19.1. The van der Waals surface area contributed by atoms with Crippen molar-refractivity contribution in [3.8, 4) is 0 Å². The fraction of sp³-hybridized carbons (Fsp3) is 0.316. The van der Waals surface area contributed by atoms with Gasteiger partial charge >= 0.3 is 0 Å². The fourth-order valence-electron chi connectivity index (χ4n) is 3.18. The Bertz CT molecular complexity index is 667. The highest BCUT2D eigenvalue weighted by Gasteiger charge is 2.25. The van der Waals surface area contributed by atoms with E-state index in [4.69, 9.17) is 5.73 Å². The van der Waals surface area contributed by atoms with Crippen LogP contribution in [-0.2, 0) is 4.79 Å². The number of piperidine rings is 1. The zero-order valence-electron chi connectivity index (χ0n) is 13.5. The molecule has 4 nitrogen and oxygen atoms in total. The molecule has 5 heteroatoms. The number of anilines is 1. The summed E-state index contributed by atoms with van der Waals surface area (Å²) in [7, 11) is 0. The number of nitrogens with two attached hydrogens (primary N) is 1. The van der Waals surface area contributed by atoms with Gasteiger partial charge in [0.05, 0.1) is 0 Å². The Balaban J connectivity index is 1.60. The molecule has 126 valence electrons. The Kier molecular flexibility index (Phi) is 5.11. The number of nitrogens with zero attached hydrogens (tertiary/aromatic N) is 1. The van der Waals surface area contributed by atoms with E-state index in [9.17, 15) is 9.18 Å². The molecule has 0 spiro atoms. The van der Waals surface area contributed by atoms with Crippen LogP contribution in [0, 0.1) is 5.82 Å². The molecule has 1 aliphatic heterocycles. The first-order valence-electron chi connectivity index (χ1n) is 8.24. The fourth-order valence-corrected chi connectivity index (χ4v) is 3.18. The van der Waals surface area contributed by atoms with Crippen molar-refractivity contribution in [2.24, 2.45) is 5.73 Å². The number of carbonyl (C=O) groups is 1. The van der Waals surface area contributed by atoms with Gasteiger partial charge in [0.2, 0.25) is 5.91 Å². The van der Waals surface area contributed by atoms with Gasteiger partial charge in [-0.3, -0.25) is 10.1 Å². The number of primary amides is 1. The highest BCUT2D eigenvalue weighted by molar-refractivity contribution is 5.81. The first-order valence-corrected chi connectivity index (χ1v) is 8.24. The van der Waals surface area contributed by atoms with E-state index in [2.05, 4.69) is 10.2 Å². The molecule has 0 saturated carbocycles. The van der Waals surface area contributed by atoms with E-state index < -0.39 is 6.04 Å². The molecule has 1 atom stereocenters. The molecule has 2 aromatic rings. The Hall–Kier alpha value is -2.40. The van der Waals surface area contributed by atoms with Gasteiger partial charge in [0, 0.05) is 24.8 Å². The van der Waals surface area contributed by atoms with Crippen LogP contribution in [0.1, 0.15) is 24.4 Å². The van der Waals surface area contributed by atoms with Gasteiger partial charge in [0.15, 0.2) is 0 Å². The van der Waals surface area contributed by atoms with Gasteiger partial charge in [-0.05, 0) is 42.7 Å². The summed E-state index contributed by atoms with van der Waals surface area (Å²) < 4.78 is 13.0. The van der Waals surface area contributed by atoms with Crippen LogP contribution in [0.4, 0.5) is 10.1 Å². The van der Waals surface area contributed by atoms with E-state index in [1.165, 1.54) is 12.1 Å². The van der Waals surface area contributed by atoms with E-state index in [1.807, 2.05) is 30.3 Å². The van der Waals surface area contributed by atoms with Crippen molar-refractivity contribution in [1.82, 2.24) is 5.32 Å². The van der Waals surface area contributed by atoms with Crippen molar-refractivity contribution < 1.29 is 9.18 Å². The van der Waals surface area contributed by atoms with Crippen molar-refractivity contribution in [3.05, 3.63) is 66.0 Å². The van der Waals surface area contributed by atoms with Crippen molar-refractivity contribution in [2.75, 3.05) is 18.0 Å². The summed E-state index contributed by atoms with van der Waals surface area (Å²) in [6, 6.07) is 15.9. The molecular weight excluding hydrogens is 305 g/mol. The molecule has 2 aromatic carbocycles. The van der Waals surface area contributed by atoms with Gasteiger partial charge in [-0.25, -0.2) is 4.39 Å². The summed E-state index contributed by atoms with van der Waals surface area (Å²) >= 11 is 0. The molecule has 0 aliphatic carbocycles. The third kappa shape index (κ3) is 3.92. The van der Waals surface area contributed by atoms with E-state index in [0.29, 0.717) is 0 Å². The number of hydrogen-bond donors (Lipinski definition) is 2. The van der Waals surface area contributed by atoms with E-state index in [0.717, 1.165) is 37.2 Å². The molecule has 1 heterocycles. The average molecular weight is 327 g/mol. The second-order valence-corrected chi connectivity index (χ2v) is 6.15. The lowest BCUT2D eigenvalue weighted by Crippen LogP contribution is -2.46. The SMILES string of the molecule is NC(=O)[C@@H](NC1CCN(c2ccc(F)cc2)CC1)c1ccccc1. The van der Waals surface area contributed by atoms with Gasteiger partial charge in [-0.15, -0.1) is 0 Å². The van der Waals surface area contributed by atoms with Crippen molar-refractivity contribution >= 4 is 11.6 Å². The Morgan fingerprint density at radius 1 is 1.08 bits per heavy atom. The maximum Gasteiger partial charge on any atom is 0.239 e. The molecule has 1 saturated heterocycles. The van der Waals surface area contributed by atoms with Gasteiger partial charge in [0.25, 0.3) is 0 Å². The molecule has 1 aliphatic rings. The van der Waals surface area contributed by atoms with Crippen LogP contribution in [0.15, 0.2) is 54.6 Å². The van der Waals surface area contributed by atoms with Gasteiger partial charge in [0.1, 0.15) is 11.9 Å². The Labute approximate surface area is 141 Å². The number of benzene rings is 2. The van der Waals surface area contributed by atoms with Gasteiger partial charge in [-0.1, -0.05) is 30.3 Å². The van der Waals surface area contributed by atoms with E-state index in [-0.39, 0.29) is 17.8 Å². The van der Waals surface area contributed by atoms with Crippen LogP contribution >= 0.6 is 0 Å². The third-order valence-electron chi connectivity index (χ3n) is 4.51. The van der Waals surface area contributed by atoms with Crippen LogP contribution in [-0.4, -0.2) is 25.0 Å². The Morgan fingerprint density at radius 3 is 2.29 bits per heavy atom.